The Morgan fingerprint density at radius 2 is 0.793 bits per heavy atom. The van der Waals surface area contributed by atoms with Crippen molar-refractivity contribution in [1.82, 2.24) is 5.32 Å². The number of aliphatic hydroxyl groups excluding tert-OH is 2. The Morgan fingerprint density at radius 1 is 0.466 bits per heavy atom. The molecule has 0 aromatic carbocycles. The average Bonchev–Trinajstić information content (AvgIpc) is 3.22. The molecule has 0 aliphatic rings. The summed E-state index contributed by atoms with van der Waals surface area (Å²) in [6.45, 7) is 4.85. The highest BCUT2D eigenvalue weighted by Crippen LogP contribution is 2.16. The summed E-state index contributed by atoms with van der Waals surface area (Å²) in [6, 6.07) is -0.645. The highest BCUT2D eigenvalue weighted by Gasteiger charge is 2.18. The Balaban J connectivity index is 3.47. The molecule has 58 heavy (non-hydrogen) atoms. The van der Waals surface area contributed by atoms with Gasteiger partial charge in [0.25, 0.3) is 0 Å². The predicted molar refractivity (Wildman–Crippen MR) is 250 cm³/mol. The minimum Gasteiger partial charge on any atom is -0.466 e. The quantitative estimate of drug-likeness (QED) is 0.0323. The van der Waals surface area contributed by atoms with Crippen LogP contribution in [0.25, 0.3) is 0 Å². The largest absolute Gasteiger partial charge is 0.466 e. The van der Waals surface area contributed by atoms with Crippen LogP contribution >= 0.6 is 0 Å². The number of carbonyl (C=O) groups excluding carboxylic acids is 2. The van der Waals surface area contributed by atoms with E-state index in [1.54, 1.807) is 6.08 Å². The van der Waals surface area contributed by atoms with Crippen molar-refractivity contribution in [2.45, 2.75) is 296 Å². The van der Waals surface area contributed by atoms with E-state index in [0.717, 1.165) is 57.8 Å². The van der Waals surface area contributed by atoms with Crippen molar-refractivity contribution in [3.05, 3.63) is 12.2 Å². The molecular formula is C52H101NO5. The summed E-state index contributed by atoms with van der Waals surface area (Å²) in [5.74, 6) is -0.117. The van der Waals surface area contributed by atoms with Crippen molar-refractivity contribution >= 4 is 11.9 Å². The second kappa shape index (κ2) is 48.3. The number of esters is 1. The van der Waals surface area contributed by atoms with Gasteiger partial charge in [0.05, 0.1) is 25.4 Å². The standard InChI is InChI=1S/C52H101NO5/c1-3-5-7-9-11-13-15-17-18-19-20-21-22-24-26-30-34-38-42-46-52(57)58-47-43-39-35-31-27-29-33-37-41-45-51(56)53-49(48-54)50(55)44-40-36-32-28-25-23-16-14-12-10-8-6-4-2/h40,44,49-50,54-55H,3-39,41-43,45-48H2,1-2H3,(H,53,56)/b44-40+. The van der Waals surface area contributed by atoms with Crippen LogP contribution in [0.5, 0.6) is 0 Å². The van der Waals surface area contributed by atoms with E-state index in [4.69, 9.17) is 4.74 Å². The van der Waals surface area contributed by atoms with Crippen molar-refractivity contribution in [2.75, 3.05) is 13.2 Å². The van der Waals surface area contributed by atoms with E-state index in [9.17, 15) is 19.8 Å². The van der Waals surface area contributed by atoms with Gasteiger partial charge >= 0.3 is 5.97 Å². The lowest BCUT2D eigenvalue weighted by atomic mass is 10.0. The van der Waals surface area contributed by atoms with Crippen LogP contribution in [0.15, 0.2) is 12.2 Å². The fourth-order valence-corrected chi connectivity index (χ4v) is 8.05. The van der Waals surface area contributed by atoms with Crippen molar-refractivity contribution in [3.8, 4) is 0 Å². The molecule has 0 aliphatic carbocycles. The van der Waals surface area contributed by atoms with Gasteiger partial charge in [0.1, 0.15) is 0 Å². The van der Waals surface area contributed by atoms with E-state index in [-0.39, 0.29) is 18.5 Å². The first-order valence-corrected chi connectivity index (χ1v) is 26.0. The molecule has 0 aromatic rings. The third-order valence-electron chi connectivity index (χ3n) is 12.1. The fraction of sp³-hybridized carbons (Fsp3) is 0.923. The van der Waals surface area contributed by atoms with Gasteiger partial charge in [0, 0.05) is 12.8 Å². The van der Waals surface area contributed by atoms with Gasteiger partial charge in [-0.15, -0.1) is 0 Å². The Bertz CT molecular complexity index is 863. The van der Waals surface area contributed by atoms with Gasteiger partial charge in [-0.3, -0.25) is 9.59 Å². The summed E-state index contributed by atoms with van der Waals surface area (Å²) >= 11 is 0. The van der Waals surface area contributed by atoms with Crippen LogP contribution in [0, 0.1) is 0 Å². The Hall–Kier alpha value is -1.40. The third-order valence-corrected chi connectivity index (χ3v) is 12.1. The number of allylic oxidation sites excluding steroid dienone is 1. The minimum atomic E-state index is -0.859. The van der Waals surface area contributed by atoms with Crippen LogP contribution in [-0.4, -0.2) is 47.4 Å². The van der Waals surface area contributed by atoms with Crippen LogP contribution < -0.4 is 5.32 Å². The maximum atomic E-state index is 12.4. The molecule has 0 spiro atoms. The van der Waals surface area contributed by atoms with Crippen LogP contribution in [0.4, 0.5) is 0 Å². The predicted octanol–water partition coefficient (Wildman–Crippen LogP) is 15.3. The minimum absolute atomic E-state index is 0.0226. The summed E-state index contributed by atoms with van der Waals surface area (Å²) in [6.07, 6.45) is 55.0. The van der Waals surface area contributed by atoms with Crippen LogP contribution in [0.3, 0.4) is 0 Å². The number of rotatable bonds is 48. The number of carbonyl (C=O) groups is 2. The van der Waals surface area contributed by atoms with Gasteiger partial charge in [0.15, 0.2) is 0 Å². The summed E-state index contributed by atoms with van der Waals surface area (Å²) in [7, 11) is 0. The zero-order valence-electron chi connectivity index (χ0n) is 39.0. The molecule has 2 unspecified atom stereocenters. The molecule has 0 radical (unpaired) electrons. The van der Waals surface area contributed by atoms with E-state index in [0.29, 0.717) is 19.4 Å². The second-order valence-electron chi connectivity index (χ2n) is 17.9. The number of amides is 1. The highest BCUT2D eigenvalue weighted by molar-refractivity contribution is 5.76. The van der Waals surface area contributed by atoms with E-state index in [1.165, 1.54) is 199 Å². The molecule has 0 aliphatic heterocycles. The zero-order valence-corrected chi connectivity index (χ0v) is 39.0. The Morgan fingerprint density at radius 3 is 1.17 bits per heavy atom. The van der Waals surface area contributed by atoms with Crippen LogP contribution in [0.1, 0.15) is 284 Å². The lowest BCUT2D eigenvalue weighted by molar-refractivity contribution is -0.143. The molecule has 0 aromatic heterocycles. The van der Waals surface area contributed by atoms with Gasteiger partial charge in [-0.05, 0) is 32.1 Å². The van der Waals surface area contributed by atoms with Gasteiger partial charge in [0.2, 0.25) is 5.91 Å². The molecule has 0 heterocycles. The fourth-order valence-electron chi connectivity index (χ4n) is 8.05. The number of aliphatic hydroxyl groups is 2. The molecule has 344 valence electrons. The summed E-state index contributed by atoms with van der Waals surface area (Å²) < 4.78 is 5.46. The molecule has 0 saturated heterocycles. The van der Waals surface area contributed by atoms with Gasteiger partial charge in [-0.1, -0.05) is 251 Å². The molecule has 0 bridgehead atoms. The van der Waals surface area contributed by atoms with Crippen molar-refractivity contribution in [3.63, 3.8) is 0 Å². The smallest absolute Gasteiger partial charge is 0.305 e. The van der Waals surface area contributed by atoms with Gasteiger partial charge in [-0.25, -0.2) is 0 Å². The number of nitrogens with one attached hydrogen (secondary N) is 1. The first-order chi connectivity index (χ1) is 28.5. The Labute approximate surface area is 361 Å². The average molecular weight is 820 g/mol. The molecular weight excluding hydrogens is 719 g/mol. The highest BCUT2D eigenvalue weighted by atomic mass is 16.5. The lowest BCUT2D eigenvalue weighted by Crippen LogP contribution is -2.45. The summed E-state index contributed by atoms with van der Waals surface area (Å²) in [5, 5.41) is 23.0. The molecule has 0 rings (SSSR count). The lowest BCUT2D eigenvalue weighted by Gasteiger charge is -2.20. The third kappa shape index (κ3) is 44.2. The maximum Gasteiger partial charge on any atom is 0.305 e. The molecule has 3 N–H and O–H groups in total. The van der Waals surface area contributed by atoms with Crippen LogP contribution in [0.2, 0.25) is 0 Å². The summed E-state index contributed by atoms with van der Waals surface area (Å²) in [5.41, 5.74) is 0. The second-order valence-corrected chi connectivity index (χ2v) is 17.9. The van der Waals surface area contributed by atoms with Crippen molar-refractivity contribution in [2.24, 2.45) is 0 Å². The molecule has 1 amide bonds. The van der Waals surface area contributed by atoms with E-state index < -0.39 is 12.1 Å². The summed E-state index contributed by atoms with van der Waals surface area (Å²) in [4.78, 5) is 24.5. The van der Waals surface area contributed by atoms with E-state index in [1.807, 2.05) is 6.08 Å². The molecule has 2 atom stereocenters. The first-order valence-electron chi connectivity index (χ1n) is 26.0. The number of unbranched alkanes of at least 4 members (excludes halogenated alkanes) is 37. The normalized spacial score (nSPS) is 12.7. The molecule has 6 nitrogen and oxygen atoms in total. The Kier molecular flexibility index (Phi) is 47.1. The van der Waals surface area contributed by atoms with Crippen LogP contribution in [-0.2, 0) is 14.3 Å². The molecule has 0 saturated carbocycles. The molecule has 0 fully saturated rings. The number of hydrogen-bond acceptors (Lipinski definition) is 5. The zero-order chi connectivity index (χ0) is 42.3. The maximum absolute atomic E-state index is 12.4. The number of ether oxygens (including phenoxy) is 1. The SMILES string of the molecule is CCCCCCCCCCCCC/C=C/C(O)C(CO)NC(=O)CCCCCCCCCCCOC(=O)CCCCCCCCCCCCCCCCCCCCC. The van der Waals surface area contributed by atoms with Crippen molar-refractivity contribution in [1.29, 1.82) is 0 Å². The van der Waals surface area contributed by atoms with Crippen molar-refractivity contribution < 1.29 is 24.5 Å². The van der Waals surface area contributed by atoms with E-state index >= 15 is 0 Å². The topological polar surface area (TPSA) is 95.9 Å². The van der Waals surface area contributed by atoms with Gasteiger partial charge < -0.3 is 20.3 Å². The van der Waals surface area contributed by atoms with E-state index in [2.05, 4.69) is 19.2 Å². The number of hydrogen-bond donors (Lipinski definition) is 3. The molecule has 6 heteroatoms. The monoisotopic (exact) mass is 820 g/mol. The van der Waals surface area contributed by atoms with Gasteiger partial charge in [-0.2, -0.15) is 0 Å². The first kappa shape index (κ1) is 56.6.